The first kappa shape index (κ1) is 187. The molecule has 0 heterocycles. The Balaban J connectivity index is 0. The van der Waals surface area contributed by atoms with Gasteiger partial charge in [0, 0.05) is 785 Å². The topological polar surface area (TPSA) is 0 Å². The summed E-state index contributed by atoms with van der Waals surface area (Å²) in [6.07, 6.45) is 0. The molecule has 0 aromatic carbocycles. The third kappa shape index (κ3) is 169. The summed E-state index contributed by atoms with van der Waals surface area (Å²) in [6, 6.07) is 0. The molecule has 0 bridgehead atoms. The fourth-order valence-corrected chi connectivity index (χ4v) is 0. The van der Waals surface area contributed by atoms with Gasteiger partial charge in [-0.05, 0) is 0 Å². The molecule has 0 saturated carbocycles. The molecule has 0 N–H and O–H groups in total. The summed E-state index contributed by atoms with van der Waals surface area (Å²) in [4.78, 5) is 0. The Hall–Kier alpha value is 26.5. The quantitative estimate of drug-likeness (QED) is 0.309. The second kappa shape index (κ2) is 176. The molecule has 25 heavy (non-hydrogen) atoms. The minimum Gasteiger partial charge on any atom is -0.358 e. The Morgan fingerprint density at radius 1 is 0.0800 bits per heavy atom. The molecule has 0 nitrogen and oxygen atoms in total. The zero-order valence-corrected chi connectivity index (χ0v) is 83.0. The Bertz CT molecular complexity index is 6.06. The van der Waals surface area contributed by atoms with E-state index < -0.39 is 0 Å². The van der Waals surface area contributed by atoms with Crippen LogP contribution in [-0.2, 0) is 785 Å². The van der Waals surface area contributed by atoms with Crippen molar-refractivity contribution in [1.29, 1.82) is 0 Å². The smallest absolute Gasteiger partial charge is 0 e. The van der Waals surface area contributed by atoms with Crippen LogP contribution in [0.3, 0.4) is 0 Å². The van der Waals surface area contributed by atoms with Gasteiger partial charge in [-0.2, -0.15) is 0 Å². The van der Waals surface area contributed by atoms with Crippen LogP contribution in [0.5, 0.6) is 0 Å². The molecular formula is CH3Y24-. The molecule has 0 aliphatic carbocycles. The molecule has 0 unspecified atom stereocenters. The standard InChI is InChI=1S/CH3.24Y/h1H3;;;;;;;;;;;;;;;;;;;;;;;;/q-1;;;;;;;;;;;;;;;;;;;;;;;;. The second-order valence-corrected chi connectivity index (χ2v) is 0. The van der Waals surface area contributed by atoms with Gasteiger partial charge in [0.05, 0.1) is 0 Å². The van der Waals surface area contributed by atoms with Crippen LogP contribution in [0.2, 0.25) is 0 Å². The van der Waals surface area contributed by atoms with Gasteiger partial charge in [0.25, 0.3) is 0 Å². The van der Waals surface area contributed by atoms with Gasteiger partial charge in [0.15, 0.2) is 0 Å². The monoisotopic (exact) mass is 2150 g/mol. The Morgan fingerprint density at radius 2 is 0.0800 bits per heavy atom. The Morgan fingerprint density at radius 3 is 0.0800 bits per heavy atom. The van der Waals surface area contributed by atoms with Crippen LogP contribution in [0.1, 0.15) is 0 Å². The van der Waals surface area contributed by atoms with Crippen molar-refractivity contribution in [2.75, 3.05) is 0 Å². The first-order valence-corrected chi connectivity index (χ1v) is 0. The first-order chi connectivity index (χ1) is 0. The van der Waals surface area contributed by atoms with Crippen LogP contribution >= 0.6 is 0 Å². The molecule has 0 aromatic rings. The summed E-state index contributed by atoms with van der Waals surface area (Å²) in [5.41, 5.74) is 0. The van der Waals surface area contributed by atoms with Crippen LogP contribution in [0.25, 0.3) is 0 Å². The van der Waals surface area contributed by atoms with Crippen LogP contribution in [-0.4, -0.2) is 0 Å². The van der Waals surface area contributed by atoms with Crippen molar-refractivity contribution in [2.45, 2.75) is 0 Å². The summed E-state index contributed by atoms with van der Waals surface area (Å²) in [5, 5.41) is 0. The van der Waals surface area contributed by atoms with Crippen LogP contribution in [0.4, 0.5) is 0 Å². The van der Waals surface area contributed by atoms with E-state index in [9.17, 15) is 0 Å². The summed E-state index contributed by atoms with van der Waals surface area (Å²) in [7, 11) is 0. The van der Waals surface area contributed by atoms with E-state index in [0.29, 0.717) is 0 Å². The van der Waals surface area contributed by atoms with E-state index in [-0.39, 0.29) is 792 Å². The van der Waals surface area contributed by atoms with Crippen molar-refractivity contribution in [3.63, 3.8) is 0 Å². The summed E-state index contributed by atoms with van der Waals surface area (Å²) >= 11 is 0. The Kier molecular flexibility index (Phi) is 1320. The summed E-state index contributed by atoms with van der Waals surface area (Å²) in [5.74, 6) is 0. The van der Waals surface area contributed by atoms with E-state index in [4.69, 9.17) is 0 Å². The fraction of sp³-hybridized carbons (Fsp3) is 0. The maximum absolute atomic E-state index is 0. The van der Waals surface area contributed by atoms with Gasteiger partial charge in [-0.1, -0.05) is 0 Å². The van der Waals surface area contributed by atoms with Crippen molar-refractivity contribution in [1.82, 2.24) is 0 Å². The predicted molar refractivity (Wildman–Crippen MR) is 6.41 cm³/mol. The van der Waals surface area contributed by atoms with E-state index in [1.807, 2.05) is 0 Å². The molecule has 0 fully saturated rings. The molecule has 0 atom stereocenters. The van der Waals surface area contributed by atoms with Crippen LogP contribution in [0, 0.1) is 7.43 Å². The molecule has 24 heteroatoms. The molecule has 0 aliphatic rings. The maximum atomic E-state index is 0. The molecule has 0 spiro atoms. The Labute approximate surface area is 762 Å². The average Bonchev–Trinajstić information content (AvgIpc) is 0. The molecule has 0 saturated heterocycles. The van der Waals surface area contributed by atoms with E-state index in [1.165, 1.54) is 0 Å². The van der Waals surface area contributed by atoms with Crippen molar-refractivity contribution >= 4 is 0 Å². The average molecular weight is 2150 g/mol. The van der Waals surface area contributed by atoms with E-state index in [2.05, 4.69) is 0 Å². The van der Waals surface area contributed by atoms with Gasteiger partial charge in [0.1, 0.15) is 0 Å². The molecular weight excluding hydrogens is 2150 g/mol. The molecule has 24 radical (unpaired) electrons. The van der Waals surface area contributed by atoms with Crippen molar-refractivity contribution in [3.05, 3.63) is 7.43 Å². The maximum Gasteiger partial charge on any atom is 0 e. The largest absolute Gasteiger partial charge is 0.358 e. The van der Waals surface area contributed by atoms with Gasteiger partial charge in [0.2, 0.25) is 0 Å². The molecule has 0 aliphatic heterocycles. The van der Waals surface area contributed by atoms with Gasteiger partial charge in [-0.15, -0.1) is 0 Å². The minimum atomic E-state index is 0. The molecule has 80 valence electrons. The zero-order chi connectivity index (χ0) is 0. The van der Waals surface area contributed by atoms with Crippen molar-refractivity contribution in [3.8, 4) is 0 Å². The number of hydrogen-bond acceptors (Lipinski definition) is 0. The summed E-state index contributed by atoms with van der Waals surface area (Å²) < 4.78 is 0. The van der Waals surface area contributed by atoms with Crippen LogP contribution in [0.15, 0.2) is 0 Å². The molecule has 0 aromatic heterocycles. The second-order valence-electron chi connectivity index (χ2n) is 0. The van der Waals surface area contributed by atoms with E-state index >= 15 is 0 Å². The van der Waals surface area contributed by atoms with Gasteiger partial charge < -0.3 is 7.43 Å². The van der Waals surface area contributed by atoms with E-state index in [0.717, 1.165) is 0 Å². The van der Waals surface area contributed by atoms with Gasteiger partial charge >= 0.3 is 0 Å². The number of hydrogen-bond donors (Lipinski definition) is 0. The van der Waals surface area contributed by atoms with Crippen molar-refractivity contribution < 1.29 is 785 Å². The van der Waals surface area contributed by atoms with E-state index in [1.54, 1.807) is 0 Å². The summed E-state index contributed by atoms with van der Waals surface area (Å²) in [6.45, 7) is 0. The normalized spacial score (nSPS) is 0. The van der Waals surface area contributed by atoms with Crippen LogP contribution < -0.4 is 0 Å². The minimum absolute atomic E-state index is 0. The van der Waals surface area contributed by atoms with Crippen molar-refractivity contribution in [2.24, 2.45) is 0 Å². The predicted octanol–water partition coefficient (Wildman–Crippen LogP) is 0.390. The fourth-order valence-electron chi connectivity index (χ4n) is 0. The third-order valence-corrected chi connectivity index (χ3v) is 0. The zero-order valence-electron chi connectivity index (χ0n) is 14.9. The first-order valence-electron chi connectivity index (χ1n) is 0. The SMILES string of the molecule is [CH3-].[Y].[Y].[Y].[Y].[Y].[Y].[Y].[Y].[Y].[Y].[Y].[Y].[Y].[Y].[Y].[Y].[Y].[Y].[Y].[Y].[Y].[Y].[Y].[Y]. The number of rotatable bonds is 0. The molecule has 0 rings (SSSR count). The third-order valence-electron chi connectivity index (χ3n) is 0. The molecule has 0 amide bonds. The van der Waals surface area contributed by atoms with Gasteiger partial charge in [-0.3, -0.25) is 0 Å². The van der Waals surface area contributed by atoms with Gasteiger partial charge in [-0.25, -0.2) is 0 Å².